The molecule has 0 aromatic rings. The van der Waals surface area contributed by atoms with E-state index in [0.717, 1.165) is 25.7 Å². The SMILES string of the molecule is CC(C)(CO)NC(=O)C(=O)NC1CCCC1. The van der Waals surface area contributed by atoms with Crippen LogP contribution in [0.2, 0.25) is 0 Å². The summed E-state index contributed by atoms with van der Waals surface area (Å²) in [5.41, 5.74) is -0.760. The standard InChI is InChI=1S/C11H20N2O3/c1-11(2,7-14)13-10(16)9(15)12-8-5-3-4-6-8/h8,14H,3-7H2,1-2H3,(H,12,15)(H,13,16). The van der Waals surface area contributed by atoms with Crippen LogP contribution in [0.3, 0.4) is 0 Å². The monoisotopic (exact) mass is 228 g/mol. The molecule has 92 valence electrons. The Labute approximate surface area is 95.6 Å². The fraction of sp³-hybridized carbons (Fsp3) is 0.818. The molecular weight excluding hydrogens is 208 g/mol. The van der Waals surface area contributed by atoms with Gasteiger partial charge in [0, 0.05) is 6.04 Å². The molecule has 1 saturated carbocycles. The summed E-state index contributed by atoms with van der Waals surface area (Å²) in [6.45, 7) is 3.12. The third-order valence-electron chi connectivity index (χ3n) is 2.74. The van der Waals surface area contributed by atoms with Crippen LogP contribution in [0.15, 0.2) is 0 Å². The van der Waals surface area contributed by atoms with E-state index in [0.29, 0.717) is 0 Å². The van der Waals surface area contributed by atoms with Gasteiger partial charge in [0.15, 0.2) is 0 Å². The lowest BCUT2D eigenvalue weighted by Crippen LogP contribution is -2.52. The number of aliphatic hydroxyl groups excluding tert-OH is 1. The van der Waals surface area contributed by atoms with E-state index < -0.39 is 17.4 Å². The molecule has 0 unspecified atom stereocenters. The van der Waals surface area contributed by atoms with Gasteiger partial charge < -0.3 is 15.7 Å². The van der Waals surface area contributed by atoms with Crippen LogP contribution < -0.4 is 10.6 Å². The van der Waals surface area contributed by atoms with Crippen molar-refractivity contribution in [2.45, 2.75) is 51.1 Å². The van der Waals surface area contributed by atoms with Crippen molar-refractivity contribution < 1.29 is 14.7 Å². The number of carbonyl (C=O) groups excluding carboxylic acids is 2. The van der Waals surface area contributed by atoms with Crippen molar-refractivity contribution >= 4 is 11.8 Å². The predicted octanol–water partition coefficient (Wildman–Crippen LogP) is -0.0677. The first-order chi connectivity index (χ1) is 7.44. The third-order valence-corrected chi connectivity index (χ3v) is 2.74. The maximum atomic E-state index is 11.5. The molecule has 1 aliphatic rings. The van der Waals surface area contributed by atoms with Crippen molar-refractivity contribution in [1.82, 2.24) is 10.6 Å². The summed E-state index contributed by atoms with van der Waals surface area (Å²) in [5, 5.41) is 14.1. The number of hydrogen-bond acceptors (Lipinski definition) is 3. The lowest BCUT2D eigenvalue weighted by atomic mass is 10.1. The molecule has 0 radical (unpaired) electrons. The molecule has 0 spiro atoms. The van der Waals surface area contributed by atoms with Gasteiger partial charge in [0.2, 0.25) is 0 Å². The molecule has 0 atom stereocenters. The highest BCUT2D eigenvalue weighted by Gasteiger charge is 2.26. The zero-order valence-electron chi connectivity index (χ0n) is 9.88. The zero-order chi connectivity index (χ0) is 12.2. The quantitative estimate of drug-likeness (QED) is 0.592. The van der Waals surface area contributed by atoms with E-state index in [1.165, 1.54) is 0 Å². The number of nitrogens with one attached hydrogen (secondary N) is 2. The van der Waals surface area contributed by atoms with Crippen LogP contribution in [0.5, 0.6) is 0 Å². The predicted molar refractivity (Wildman–Crippen MR) is 59.7 cm³/mol. The Kier molecular flexibility index (Phi) is 4.29. The minimum atomic E-state index is -0.760. The molecule has 2 amide bonds. The summed E-state index contributed by atoms with van der Waals surface area (Å²) in [6, 6.07) is 0.135. The largest absolute Gasteiger partial charge is 0.394 e. The highest BCUT2D eigenvalue weighted by molar-refractivity contribution is 6.35. The normalized spacial score (nSPS) is 17.2. The summed E-state index contributed by atoms with van der Waals surface area (Å²) in [6.07, 6.45) is 4.11. The van der Waals surface area contributed by atoms with E-state index in [1.54, 1.807) is 13.8 Å². The first-order valence-corrected chi connectivity index (χ1v) is 5.68. The fourth-order valence-electron chi connectivity index (χ4n) is 1.72. The number of carbonyl (C=O) groups is 2. The molecule has 1 fully saturated rings. The van der Waals surface area contributed by atoms with Crippen molar-refractivity contribution in [3.63, 3.8) is 0 Å². The van der Waals surface area contributed by atoms with Crippen LogP contribution in [-0.2, 0) is 9.59 Å². The van der Waals surface area contributed by atoms with Gasteiger partial charge in [0.05, 0.1) is 12.1 Å². The van der Waals surface area contributed by atoms with Crippen molar-refractivity contribution in [2.24, 2.45) is 0 Å². The summed E-state index contributed by atoms with van der Waals surface area (Å²) in [4.78, 5) is 23.0. The Hall–Kier alpha value is -1.10. The molecule has 0 aliphatic heterocycles. The number of hydrogen-bond donors (Lipinski definition) is 3. The van der Waals surface area contributed by atoms with Gasteiger partial charge in [0.25, 0.3) is 0 Å². The van der Waals surface area contributed by atoms with Crippen molar-refractivity contribution in [2.75, 3.05) is 6.61 Å². The molecule has 0 aromatic carbocycles. The summed E-state index contributed by atoms with van der Waals surface area (Å²) < 4.78 is 0. The van der Waals surface area contributed by atoms with Crippen LogP contribution in [0.4, 0.5) is 0 Å². The number of rotatable bonds is 3. The van der Waals surface area contributed by atoms with Crippen LogP contribution in [0.1, 0.15) is 39.5 Å². The molecule has 3 N–H and O–H groups in total. The van der Waals surface area contributed by atoms with E-state index in [2.05, 4.69) is 10.6 Å². The smallest absolute Gasteiger partial charge is 0.309 e. The minimum Gasteiger partial charge on any atom is -0.394 e. The molecule has 1 aliphatic carbocycles. The Morgan fingerprint density at radius 2 is 1.81 bits per heavy atom. The molecule has 1 rings (SSSR count). The maximum Gasteiger partial charge on any atom is 0.309 e. The van der Waals surface area contributed by atoms with E-state index in [4.69, 9.17) is 5.11 Å². The van der Waals surface area contributed by atoms with E-state index in [-0.39, 0.29) is 12.6 Å². The first kappa shape index (κ1) is 13.0. The Balaban J connectivity index is 2.38. The number of aliphatic hydroxyl groups is 1. The average Bonchev–Trinajstić information content (AvgIpc) is 2.69. The fourth-order valence-corrected chi connectivity index (χ4v) is 1.72. The highest BCUT2D eigenvalue weighted by atomic mass is 16.3. The molecule has 5 heteroatoms. The molecule has 0 bridgehead atoms. The highest BCUT2D eigenvalue weighted by Crippen LogP contribution is 2.17. The Morgan fingerprint density at radius 1 is 1.25 bits per heavy atom. The second-order valence-corrected chi connectivity index (χ2v) is 4.95. The minimum absolute atomic E-state index is 0.135. The summed E-state index contributed by atoms with van der Waals surface area (Å²) >= 11 is 0. The van der Waals surface area contributed by atoms with Crippen LogP contribution in [0.25, 0.3) is 0 Å². The molecule has 0 saturated heterocycles. The lowest BCUT2D eigenvalue weighted by Gasteiger charge is -2.23. The number of amides is 2. The lowest BCUT2D eigenvalue weighted by molar-refractivity contribution is -0.140. The molecule has 5 nitrogen and oxygen atoms in total. The van der Waals surface area contributed by atoms with Gasteiger partial charge in [-0.1, -0.05) is 12.8 Å². The van der Waals surface area contributed by atoms with Gasteiger partial charge in [-0.25, -0.2) is 0 Å². The van der Waals surface area contributed by atoms with E-state index in [9.17, 15) is 9.59 Å². The maximum absolute atomic E-state index is 11.5. The third kappa shape index (κ3) is 3.81. The van der Waals surface area contributed by atoms with E-state index in [1.807, 2.05) is 0 Å². The first-order valence-electron chi connectivity index (χ1n) is 5.68. The van der Waals surface area contributed by atoms with Crippen LogP contribution in [-0.4, -0.2) is 35.1 Å². The topological polar surface area (TPSA) is 78.4 Å². The summed E-state index contributed by atoms with van der Waals surface area (Å²) in [5.74, 6) is -1.28. The van der Waals surface area contributed by atoms with Gasteiger partial charge in [-0.05, 0) is 26.7 Å². The van der Waals surface area contributed by atoms with Crippen molar-refractivity contribution in [3.8, 4) is 0 Å². The Bertz CT molecular complexity index is 270. The van der Waals surface area contributed by atoms with Gasteiger partial charge in [-0.3, -0.25) is 9.59 Å². The summed E-state index contributed by atoms with van der Waals surface area (Å²) in [7, 11) is 0. The second kappa shape index (κ2) is 5.30. The molecule has 0 aromatic heterocycles. The molecule has 16 heavy (non-hydrogen) atoms. The van der Waals surface area contributed by atoms with Crippen molar-refractivity contribution in [3.05, 3.63) is 0 Å². The average molecular weight is 228 g/mol. The van der Waals surface area contributed by atoms with Gasteiger partial charge in [-0.15, -0.1) is 0 Å². The second-order valence-electron chi connectivity index (χ2n) is 4.95. The van der Waals surface area contributed by atoms with Crippen LogP contribution >= 0.6 is 0 Å². The van der Waals surface area contributed by atoms with Gasteiger partial charge in [0.1, 0.15) is 0 Å². The molecular formula is C11H20N2O3. The van der Waals surface area contributed by atoms with Gasteiger partial charge in [-0.2, -0.15) is 0 Å². The molecule has 0 heterocycles. The van der Waals surface area contributed by atoms with Crippen LogP contribution in [0, 0.1) is 0 Å². The van der Waals surface area contributed by atoms with E-state index >= 15 is 0 Å². The van der Waals surface area contributed by atoms with Gasteiger partial charge >= 0.3 is 11.8 Å². The Morgan fingerprint density at radius 3 is 2.31 bits per heavy atom. The zero-order valence-corrected chi connectivity index (χ0v) is 9.88. The van der Waals surface area contributed by atoms with Crippen molar-refractivity contribution in [1.29, 1.82) is 0 Å².